The van der Waals surface area contributed by atoms with Gasteiger partial charge < -0.3 is 15.6 Å². The highest BCUT2D eigenvalue weighted by Gasteiger charge is 2.12. The van der Waals surface area contributed by atoms with Crippen molar-refractivity contribution >= 4 is 11.5 Å². The second-order valence-electron chi connectivity index (χ2n) is 5.45. The van der Waals surface area contributed by atoms with Crippen molar-refractivity contribution in [1.29, 1.82) is 0 Å². The summed E-state index contributed by atoms with van der Waals surface area (Å²) in [6.45, 7) is 2.02. The van der Waals surface area contributed by atoms with Crippen LogP contribution in [0.15, 0.2) is 48.5 Å². The molecular formula is C19H18F2NO2-. The highest BCUT2D eigenvalue weighted by atomic mass is 19.1. The van der Waals surface area contributed by atoms with E-state index in [0.717, 1.165) is 24.1 Å². The van der Waals surface area contributed by atoms with Crippen molar-refractivity contribution in [3.63, 3.8) is 0 Å². The molecule has 1 atom stereocenters. The molecule has 126 valence electrons. The molecule has 2 rings (SSSR count). The predicted molar refractivity (Wildman–Crippen MR) is 86.9 cm³/mol. The van der Waals surface area contributed by atoms with E-state index in [4.69, 9.17) is 5.73 Å². The maximum atomic E-state index is 14.2. The Morgan fingerprint density at radius 2 is 1.88 bits per heavy atom. The van der Waals surface area contributed by atoms with Crippen LogP contribution in [0.1, 0.15) is 30.0 Å². The normalized spacial score (nSPS) is 12.9. The molecule has 0 bridgehead atoms. The molecule has 0 fully saturated rings. The molecule has 0 spiro atoms. The zero-order valence-electron chi connectivity index (χ0n) is 13.3. The summed E-state index contributed by atoms with van der Waals surface area (Å²) in [4.78, 5) is 10.8. The SMILES string of the molecule is CCc1ccc(/C(=C\CC(N)C(=O)[O-])c2ccc(F)cc2F)cc1. The molecule has 0 heterocycles. The van der Waals surface area contributed by atoms with Crippen LogP contribution in [-0.2, 0) is 11.2 Å². The first kappa shape index (κ1) is 17.8. The highest BCUT2D eigenvalue weighted by Crippen LogP contribution is 2.27. The van der Waals surface area contributed by atoms with E-state index in [9.17, 15) is 18.7 Å². The van der Waals surface area contributed by atoms with Crippen LogP contribution in [0.5, 0.6) is 0 Å². The van der Waals surface area contributed by atoms with E-state index in [-0.39, 0.29) is 12.0 Å². The van der Waals surface area contributed by atoms with Crippen LogP contribution in [0, 0.1) is 11.6 Å². The van der Waals surface area contributed by atoms with Gasteiger partial charge in [0.2, 0.25) is 0 Å². The van der Waals surface area contributed by atoms with E-state index in [1.807, 2.05) is 31.2 Å². The number of rotatable bonds is 6. The van der Waals surface area contributed by atoms with Gasteiger partial charge in [0.15, 0.2) is 0 Å². The maximum Gasteiger partial charge on any atom is 0.133 e. The molecule has 0 amide bonds. The van der Waals surface area contributed by atoms with Crippen molar-refractivity contribution in [2.24, 2.45) is 5.73 Å². The summed E-state index contributed by atoms with van der Waals surface area (Å²) < 4.78 is 27.3. The summed E-state index contributed by atoms with van der Waals surface area (Å²) in [6.07, 6.45) is 2.38. The number of carboxylic acids is 1. The van der Waals surface area contributed by atoms with Crippen LogP contribution < -0.4 is 10.8 Å². The van der Waals surface area contributed by atoms with Crippen LogP contribution in [0.3, 0.4) is 0 Å². The van der Waals surface area contributed by atoms with E-state index in [2.05, 4.69) is 0 Å². The molecule has 0 saturated carbocycles. The second-order valence-corrected chi connectivity index (χ2v) is 5.45. The molecule has 0 aliphatic carbocycles. The summed E-state index contributed by atoms with van der Waals surface area (Å²) in [5, 5.41) is 10.8. The lowest BCUT2D eigenvalue weighted by atomic mass is 9.94. The highest BCUT2D eigenvalue weighted by molar-refractivity contribution is 5.81. The third-order valence-corrected chi connectivity index (χ3v) is 3.77. The van der Waals surface area contributed by atoms with Gasteiger partial charge in [0.25, 0.3) is 0 Å². The minimum atomic E-state index is -1.38. The number of benzene rings is 2. The summed E-state index contributed by atoms with van der Waals surface area (Å²) in [6, 6.07) is 9.53. The van der Waals surface area contributed by atoms with Gasteiger partial charge in [0.05, 0.1) is 5.97 Å². The molecule has 2 aromatic rings. The van der Waals surface area contributed by atoms with Crippen LogP contribution in [0.4, 0.5) is 8.78 Å². The molecule has 5 heteroatoms. The van der Waals surface area contributed by atoms with Crippen LogP contribution in [0.25, 0.3) is 5.57 Å². The molecule has 3 nitrogen and oxygen atoms in total. The fourth-order valence-electron chi connectivity index (χ4n) is 2.35. The first-order chi connectivity index (χ1) is 11.4. The number of carbonyl (C=O) groups is 1. The lowest BCUT2D eigenvalue weighted by Gasteiger charge is -2.14. The molecule has 24 heavy (non-hydrogen) atoms. The van der Waals surface area contributed by atoms with Gasteiger partial charge in [-0.05, 0) is 41.7 Å². The van der Waals surface area contributed by atoms with Gasteiger partial charge >= 0.3 is 0 Å². The number of carbonyl (C=O) groups excluding carboxylic acids is 1. The molecule has 0 aromatic heterocycles. The fourth-order valence-corrected chi connectivity index (χ4v) is 2.35. The van der Waals surface area contributed by atoms with Gasteiger partial charge in [0.1, 0.15) is 11.6 Å². The first-order valence-corrected chi connectivity index (χ1v) is 7.63. The topological polar surface area (TPSA) is 66.2 Å². The average molecular weight is 330 g/mol. The van der Waals surface area contributed by atoms with E-state index < -0.39 is 23.6 Å². The molecule has 0 aliphatic heterocycles. The summed E-state index contributed by atoms with van der Waals surface area (Å²) in [7, 11) is 0. The standard InChI is InChI=1S/C19H19F2NO2/c1-2-12-3-5-13(6-4-12)15(9-10-18(22)19(23)24)16-8-7-14(20)11-17(16)21/h3-9,11,18H,2,10,22H2,1H3,(H,23,24)/p-1/b15-9+. The maximum absolute atomic E-state index is 14.2. The molecular weight excluding hydrogens is 312 g/mol. The monoisotopic (exact) mass is 330 g/mol. The Morgan fingerprint density at radius 3 is 2.42 bits per heavy atom. The predicted octanol–water partition coefficient (Wildman–Crippen LogP) is 2.43. The summed E-state index contributed by atoms with van der Waals surface area (Å²) in [5.74, 6) is -2.78. The Morgan fingerprint density at radius 1 is 1.21 bits per heavy atom. The first-order valence-electron chi connectivity index (χ1n) is 7.63. The van der Waals surface area contributed by atoms with Gasteiger partial charge in [0, 0.05) is 17.7 Å². The van der Waals surface area contributed by atoms with Crippen molar-refractivity contribution in [2.45, 2.75) is 25.8 Å². The number of halogens is 2. The molecule has 2 N–H and O–H groups in total. The molecule has 0 saturated heterocycles. The second kappa shape index (κ2) is 7.84. The van der Waals surface area contributed by atoms with E-state index in [1.165, 1.54) is 12.1 Å². The fraction of sp³-hybridized carbons (Fsp3) is 0.211. The van der Waals surface area contributed by atoms with Crippen molar-refractivity contribution < 1.29 is 18.7 Å². The Balaban J connectivity index is 2.47. The number of hydrogen-bond donors (Lipinski definition) is 1. The van der Waals surface area contributed by atoms with Gasteiger partial charge in [-0.2, -0.15) is 0 Å². The van der Waals surface area contributed by atoms with Crippen molar-refractivity contribution in [2.75, 3.05) is 0 Å². The van der Waals surface area contributed by atoms with Crippen molar-refractivity contribution in [3.05, 3.63) is 76.9 Å². The van der Waals surface area contributed by atoms with E-state index in [0.29, 0.717) is 11.1 Å². The molecule has 0 radical (unpaired) electrons. The van der Waals surface area contributed by atoms with Gasteiger partial charge in [-0.15, -0.1) is 0 Å². The zero-order chi connectivity index (χ0) is 17.7. The zero-order valence-corrected chi connectivity index (χ0v) is 13.3. The average Bonchev–Trinajstić information content (AvgIpc) is 2.56. The number of hydrogen-bond acceptors (Lipinski definition) is 3. The smallest absolute Gasteiger partial charge is 0.133 e. The molecule has 0 aliphatic rings. The third kappa shape index (κ3) is 4.26. The van der Waals surface area contributed by atoms with Gasteiger partial charge in [-0.3, -0.25) is 0 Å². The number of aryl methyl sites for hydroxylation is 1. The Kier molecular flexibility index (Phi) is 5.82. The van der Waals surface area contributed by atoms with Gasteiger partial charge in [-0.25, -0.2) is 8.78 Å². The van der Waals surface area contributed by atoms with Crippen LogP contribution in [-0.4, -0.2) is 12.0 Å². The van der Waals surface area contributed by atoms with Crippen molar-refractivity contribution in [3.8, 4) is 0 Å². The lowest BCUT2D eigenvalue weighted by molar-refractivity contribution is -0.307. The summed E-state index contributed by atoms with van der Waals surface area (Å²) >= 11 is 0. The van der Waals surface area contributed by atoms with E-state index >= 15 is 0 Å². The molecule has 2 aromatic carbocycles. The third-order valence-electron chi connectivity index (χ3n) is 3.77. The van der Waals surface area contributed by atoms with Gasteiger partial charge in [-0.1, -0.05) is 37.3 Å². The largest absolute Gasteiger partial charge is 0.548 e. The van der Waals surface area contributed by atoms with E-state index in [1.54, 1.807) is 0 Å². The summed E-state index contributed by atoms with van der Waals surface area (Å²) in [5.41, 5.74) is 7.93. The number of nitrogens with two attached hydrogens (primary N) is 1. The van der Waals surface area contributed by atoms with Crippen LogP contribution in [0.2, 0.25) is 0 Å². The Labute approximate surface area is 139 Å². The lowest BCUT2D eigenvalue weighted by Crippen LogP contribution is -2.41. The number of aliphatic carboxylic acids is 1. The Bertz CT molecular complexity index is 754. The minimum absolute atomic E-state index is 0.0238. The van der Waals surface area contributed by atoms with Crippen LogP contribution >= 0.6 is 0 Å². The van der Waals surface area contributed by atoms with Crippen molar-refractivity contribution in [1.82, 2.24) is 0 Å². The quantitative estimate of drug-likeness (QED) is 0.884. The molecule has 1 unspecified atom stereocenters. The minimum Gasteiger partial charge on any atom is -0.548 e. The number of carboxylic acid groups (broad SMARTS) is 1. The Hall–Kier alpha value is -2.53.